The summed E-state index contributed by atoms with van der Waals surface area (Å²) in [5.74, 6) is 1.94. The predicted molar refractivity (Wildman–Crippen MR) is 102 cm³/mol. The lowest BCUT2D eigenvalue weighted by Gasteiger charge is -2.05. The molecule has 7 heteroatoms. The number of nitriles is 2. The molecule has 1 aromatic carbocycles. The highest BCUT2D eigenvalue weighted by Crippen LogP contribution is 2.14. The zero-order chi connectivity index (χ0) is 19.4. The third-order valence-corrected chi connectivity index (χ3v) is 4.79. The van der Waals surface area contributed by atoms with Crippen LogP contribution >= 0.6 is 11.3 Å². The van der Waals surface area contributed by atoms with Crippen molar-refractivity contribution >= 4 is 23.0 Å². The molecule has 3 aromatic rings. The minimum Gasteiger partial charge on any atom is -0.494 e. The van der Waals surface area contributed by atoms with Crippen LogP contribution in [0.3, 0.4) is 0 Å². The molecule has 0 spiro atoms. The first kappa shape index (κ1) is 18.2. The highest BCUT2D eigenvalue weighted by Gasteiger charge is 2.12. The van der Waals surface area contributed by atoms with E-state index in [0.717, 1.165) is 17.1 Å². The molecule has 0 amide bonds. The van der Waals surface area contributed by atoms with E-state index in [1.807, 2.05) is 26.0 Å². The fourth-order valence-corrected chi connectivity index (χ4v) is 3.56. The molecule has 0 aliphatic heterocycles. The van der Waals surface area contributed by atoms with E-state index < -0.39 is 0 Å². The van der Waals surface area contributed by atoms with Crippen LogP contribution in [-0.2, 0) is 0 Å². The van der Waals surface area contributed by atoms with Crippen molar-refractivity contribution in [3.63, 3.8) is 0 Å². The molecule has 2 heterocycles. The topological polar surface area (TPSA) is 91.9 Å². The number of aryl methyl sites for hydroxylation is 1. The molecule has 134 valence electrons. The third kappa shape index (κ3) is 3.69. The monoisotopic (exact) mass is 377 g/mol. The maximum absolute atomic E-state index is 13.0. The van der Waals surface area contributed by atoms with E-state index in [4.69, 9.17) is 9.15 Å². The molecule has 27 heavy (non-hydrogen) atoms. The van der Waals surface area contributed by atoms with E-state index >= 15 is 0 Å². The van der Waals surface area contributed by atoms with Crippen molar-refractivity contribution in [1.82, 2.24) is 4.57 Å². The highest BCUT2D eigenvalue weighted by molar-refractivity contribution is 7.07. The van der Waals surface area contributed by atoms with Gasteiger partial charge in [-0.2, -0.15) is 10.5 Å². The summed E-state index contributed by atoms with van der Waals surface area (Å²) in [7, 11) is 0. The molecule has 0 aliphatic carbocycles. The summed E-state index contributed by atoms with van der Waals surface area (Å²) in [4.78, 5) is 13.0. The third-order valence-electron chi connectivity index (χ3n) is 3.70. The first-order chi connectivity index (χ1) is 13.1. The van der Waals surface area contributed by atoms with Gasteiger partial charge in [0.1, 0.15) is 34.1 Å². The minimum absolute atomic E-state index is 0.124. The second-order valence-electron chi connectivity index (χ2n) is 5.53. The molecule has 0 N–H and O–H groups in total. The van der Waals surface area contributed by atoms with Crippen molar-refractivity contribution < 1.29 is 9.15 Å². The van der Waals surface area contributed by atoms with Gasteiger partial charge < -0.3 is 9.15 Å². The Hall–Kier alpha value is -3.55. The smallest absolute Gasteiger partial charge is 0.273 e. The van der Waals surface area contributed by atoms with E-state index in [2.05, 4.69) is 0 Å². The van der Waals surface area contributed by atoms with E-state index in [9.17, 15) is 15.3 Å². The minimum atomic E-state index is -0.323. The summed E-state index contributed by atoms with van der Waals surface area (Å²) >= 11 is 1.08. The molecule has 0 radical (unpaired) electrons. The van der Waals surface area contributed by atoms with Crippen molar-refractivity contribution in [2.75, 3.05) is 6.61 Å². The summed E-state index contributed by atoms with van der Waals surface area (Å²) in [6.07, 6.45) is 1.61. The number of hydrogen-bond donors (Lipinski definition) is 0. The van der Waals surface area contributed by atoms with Gasteiger partial charge in [-0.15, -0.1) is 11.3 Å². The highest BCUT2D eigenvalue weighted by atomic mass is 32.1. The number of rotatable bonds is 4. The number of furan rings is 1. The largest absolute Gasteiger partial charge is 0.494 e. The first-order valence-corrected chi connectivity index (χ1v) is 8.96. The Morgan fingerprint density at radius 1 is 1.22 bits per heavy atom. The van der Waals surface area contributed by atoms with Crippen molar-refractivity contribution in [2.45, 2.75) is 13.8 Å². The van der Waals surface area contributed by atoms with Gasteiger partial charge in [0.2, 0.25) is 0 Å². The number of ether oxygens (including phenoxy) is 1. The van der Waals surface area contributed by atoms with Gasteiger partial charge in [0.15, 0.2) is 5.57 Å². The molecular weight excluding hydrogens is 362 g/mol. The number of hydrogen-bond acceptors (Lipinski definition) is 6. The van der Waals surface area contributed by atoms with Crippen LogP contribution in [0.1, 0.15) is 18.4 Å². The fraction of sp³-hybridized carbons (Fsp3) is 0.150. The average Bonchev–Trinajstić information content (AvgIpc) is 3.21. The van der Waals surface area contributed by atoms with Crippen LogP contribution in [0.2, 0.25) is 0 Å². The SMILES string of the molecule is CCOc1ccc(-n2c(=C(C#N)C#N)s/c(=C/c3ccc(C)o3)c2=O)cc1. The normalized spacial score (nSPS) is 11.0. The summed E-state index contributed by atoms with van der Waals surface area (Å²) in [5.41, 5.74) is 0.102. The van der Waals surface area contributed by atoms with E-state index in [1.165, 1.54) is 4.57 Å². The zero-order valence-corrected chi connectivity index (χ0v) is 15.5. The van der Waals surface area contributed by atoms with E-state index in [0.29, 0.717) is 28.3 Å². The maximum Gasteiger partial charge on any atom is 0.273 e. The van der Waals surface area contributed by atoms with Crippen LogP contribution in [0.25, 0.3) is 17.3 Å². The molecular formula is C20H15N3O3S. The van der Waals surface area contributed by atoms with Gasteiger partial charge in [-0.1, -0.05) is 0 Å². The fourth-order valence-electron chi connectivity index (χ4n) is 2.52. The van der Waals surface area contributed by atoms with Crippen molar-refractivity contribution in [2.24, 2.45) is 0 Å². The molecule has 0 bridgehead atoms. The number of benzene rings is 1. The Bertz CT molecular complexity index is 1220. The molecule has 3 rings (SSSR count). The molecule has 6 nitrogen and oxygen atoms in total. The Balaban J connectivity index is 2.28. The lowest BCUT2D eigenvalue weighted by molar-refractivity contribution is 0.340. The summed E-state index contributed by atoms with van der Waals surface area (Å²) in [6, 6.07) is 14.2. The van der Waals surface area contributed by atoms with Crippen molar-refractivity contribution in [3.05, 3.63) is 67.5 Å². The number of nitrogens with zero attached hydrogens (tertiary/aromatic N) is 3. The van der Waals surface area contributed by atoms with Gasteiger partial charge in [-0.25, -0.2) is 0 Å². The Morgan fingerprint density at radius 2 is 1.93 bits per heavy atom. The summed E-state index contributed by atoms with van der Waals surface area (Å²) in [6.45, 7) is 4.23. The van der Waals surface area contributed by atoms with E-state index in [1.54, 1.807) is 42.5 Å². The van der Waals surface area contributed by atoms with Gasteiger partial charge in [0, 0.05) is 6.08 Å². The summed E-state index contributed by atoms with van der Waals surface area (Å²) in [5, 5.41) is 18.6. The quantitative estimate of drug-likeness (QED) is 0.695. The molecule has 0 saturated carbocycles. The van der Waals surface area contributed by atoms with Gasteiger partial charge in [0.05, 0.1) is 16.8 Å². The standard InChI is InChI=1S/C20H15N3O3S/c1-3-25-16-8-5-15(6-9-16)23-19(24)18(10-17-7-4-13(2)26-17)27-20(23)14(11-21)12-22/h4-10H,3H2,1-2H3/b18-10+. The lowest BCUT2D eigenvalue weighted by Crippen LogP contribution is -2.30. The van der Waals surface area contributed by atoms with Crippen LogP contribution in [-0.4, -0.2) is 11.2 Å². The van der Waals surface area contributed by atoms with Gasteiger partial charge in [-0.3, -0.25) is 9.36 Å². The molecule has 0 atom stereocenters. The van der Waals surface area contributed by atoms with Crippen molar-refractivity contribution in [3.8, 4) is 23.6 Å². The predicted octanol–water partition coefficient (Wildman–Crippen LogP) is 2.23. The Kier molecular flexibility index (Phi) is 5.25. The van der Waals surface area contributed by atoms with Gasteiger partial charge in [0.25, 0.3) is 5.56 Å². The van der Waals surface area contributed by atoms with E-state index in [-0.39, 0.29) is 15.8 Å². The van der Waals surface area contributed by atoms with Crippen LogP contribution in [0.4, 0.5) is 0 Å². The second kappa shape index (κ2) is 7.77. The lowest BCUT2D eigenvalue weighted by atomic mass is 10.3. The van der Waals surface area contributed by atoms with Crippen LogP contribution < -0.4 is 19.5 Å². The Labute approximate surface area is 159 Å². The number of aromatic nitrogens is 1. The second-order valence-corrected chi connectivity index (χ2v) is 6.56. The van der Waals surface area contributed by atoms with Crippen LogP contribution in [0.15, 0.2) is 45.6 Å². The van der Waals surface area contributed by atoms with Crippen LogP contribution in [0.5, 0.6) is 5.75 Å². The summed E-state index contributed by atoms with van der Waals surface area (Å²) < 4.78 is 12.9. The Morgan fingerprint density at radius 3 is 2.48 bits per heavy atom. The van der Waals surface area contributed by atoms with Gasteiger partial charge in [-0.05, 0) is 50.2 Å². The van der Waals surface area contributed by atoms with Crippen molar-refractivity contribution in [1.29, 1.82) is 10.5 Å². The maximum atomic E-state index is 13.0. The molecule has 0 fully saturated rings. The molecule has 0 unspecified atom stereocenters. The molecule has 2 aromatic heterocycles. The first-order valence-electron chi connectivity index (χ1n) is 8.15. The molecule has 0 aliphatic rings. The van der Waals surface area contributed by atoms with Gasteiger partial charge >= 0.3 is 0 Å². The zero-order valence-electron chi connectivity index (χ0n) is 14.7. The van der Waals surface area contributed by atoms with Crippen LogP contribution in [0, 0.1) is 29.6 Å². The average molecular weight is 377 g/mol. The molecule has 0 saturated heterocycles. The number of thiazole rings is 1.